The van der Waals surface area contributed by atoms with E-state index in [2.05, 4.69) is 10.6 Å². The minimum atomic E-state index is -0.847. The Balaban J connectivity index is 1.90. The number of rotatable bonds is 4. The molecule has 0 saturated carbocycles. The van der Waals surface area contributed by atoms with Gasteiger partial charge in [-0.25, -0.2) is 0 Å². The predicted octanol–water partition coefficient (Wildman–Crippen LogP) is 3.93. The Bertz CT molecular complexity index is 1060. The van der Waals surface area contributed by atoms with E-state index < -0.39 is 17.9 Å². The van der Waals surface area contributed by atoms with Gasteiger partial charge in [0, 0.05) is 22.9 Å². The van der Waals surface area contributed by atoms with E-state index in [0.717, 1.165) is 22.6 Å². The van der Waals surface area contributed by atoms with E-state index in [1.165, 1.54) is 7.11 Å². The number of benzene rings is 2. The molecule has 0 saturated heterocycles. The van der Waals surface area contributed by atoms with E-state index in [-0.39, 0.29) is 11.7 Å². The van der Waals surface area contributed by atoms with Gasteiger partial charge in [0.05, 0.1) is 38.7 Å². The van der Waals surface area contributed by atoms with Crippen LogP contribution in [0.5, 0.6) is 11.5 Å². The van der Waals surface area contributed by atoms with E-state index in [4.69, 9.17) is 14.2 Å². The fourth-order valence-electron chi connectivity index (χ4n) is 4.42. The molecule has 162 valence electrons. The molecule has 1 aliphatic heterocycles. The summed E-state index contributed by atoms with van der Waals surface area (Å²) < 4.78 is 15.9. The lowest BCUT2D eigenvalue weighted by Crippen LogP contribution is -2.39. The molecule has 3 atom stereocenters. The van der Waals surface area contributed by atoms with Crippen LogP contribution < -0.4 is 20.1 Å². The number of allylic oxidation sites excluding steroid dienone is 1. The molecule has 0 fully saturated rings. The maximum atomic E-state index is 13.7. The number of methoxy groups -OCH3 is 3. The van der Waals surface area contributed by atoms with Crippen molar-refractivity contribution in [2.45, 2.75) is 19.4 Å². The second-order valence-electron chi connectivity index (χ2n) is 7.79. The Labute approximate surface area is 181 Å². The summed E-state index contributed by atoms with van der Waals surface area (Å²) >= 11 is 0. The van der Waals surface area contributed by atoms with E-state index in [1.807, 2.05) is 43.3 Å². The van der Waals surface area contributed by atoms with Crippen molar-refractivity contribution in [3.63, 3.8) is 0 Å². The van der Waals surface area contributed by atoms with Gasteiger partial charge in [0.15, 0.2) is 5.78 Å². The SMILES string of the molecule is COC(=O)[C@H]1C(=O)C2=C(C[C@H]1C)Nc1ccccc1N[C@@H]2c1ccc(OC)cc1OC. The summed E-state index contributed by atoms with van der Waals surface area (Å²) in [5, 5.41) is 6.93. The van der Waals surface area contributed by atoms with Gasteiger partial charge in [0.2, 0.25) is 0 Å². The summed E-state index contributed by atoms with van der Waals surface area (Å²) in [6.45, 7) is 1.90. The fraction of sp³-hybridized carbons (Fsp3) is 0.333. The maximum absolute atomic E-state index is 13.7. The number of anilines is 2. The highest BCUT2D eigenvalue weighted by Crippen LogP contribution is 2.45. The maximum Gasteiger partial charge on any atom is 0.316 e. The first-order chi connectivity index (χ1) is 15.0. The second kappa shape index (κ2) is 8.34. The molecule has 2 aromatic rings. The Morgan fingerprint density at radius 3 is 2.45 bits per heavy atom. The molecule has 4 rings (SSSR count). The number of ether oxygens (including phenoxy) is 3. The van der Waals surface area contributed by atoms with Gasteiger partial charge in [0.25, 0.3) is 0 Å². The first-order valence-corrected chi connectivity index (χ1v) is 10.2. The first kappa shape index (κ1) is 20.8. The summed E-state index contributed by atoms with van der Waals surface area (Å²) in [5.74, 6) is -0.542. The lowest BCUT2D eigenvalue weighted by atomic mass is 9.74. The molecule has 0 radical (unpaired) electrons. The van der Waals surface area contributed by atoms with Gasteiger partial charge in [-0.1, -0.05) is 19.1 Å². The van der Waals surface area contributed by atoms with Crippen molar-refractivity contribution in [1.82, 2.24) is 0 Å². The third kappa shape index (κ3) is 3.60. The summed E-state index contributed by atoms with van der Waals surface area (Å²) in [6.07, 6.45) is 0.547. The molecule has 2 aliphatic rings. The molecule has 0 bridgehead atoms. The van der Waals surface area contributed by atoms with E-state index >= 15 is 0 Å². The molecule has 2 N–H and O–H groups in total. The summed E-state index contributed by atoms with van der Waals surface area (Å²) in [6, 6.07) is 12.8. The Hall–Kier alpha value is -3.48. The highest BCUT2D eigenvalue weighted by Gasteiger charge is 2.44. The molecule has 1 heterocycles. The van der Waals surface area contributed by atoms with Crippen LogP contribution in [0.25, 0.3) is 0 Å². The molecule has 7 nitrogen and oxygen atoms in total. The number of nitrogens with one attached hydrogen (secondary N) is 2. The van der Waals surface area contributed by atoms with Crippen molar-refractivity contribution in [2.75, 3.05) is 32.0 Å². The van der Waals surface area contributed by atoms with Gasteiger partial charge >= 0.3 is 5.97 Å². The number of Topliss-reactive ketones (excluding diaryl/α,β-unsaturated/α-hetero) is 1. The number of hydrogen-bond acceptors (Lipinski definition) is 7. The number of fused-ring (bicyclic) bond motifs is 1. The summed E-state index contributed by atoms with van der Waals surface area (Å²) in [4.78, 5) is 26.1. The number of para-hydroxylation sites is 2. The third-order valence-electron chi connectivity index (χ3n) is 5.98. The van der Waals surface area contributed by atoms with Crippen LogP contribution in [-0.4, -0.2) is 33.1 Å². The number of hydrogen-bond donors (Lipinski definition) is 2. The van der Waals surface area contributed by atoms with Gasteiger partial charge in [-0.15, -0.1) is 0 Å². The molecule has 2 aromatic carbocycles. The van der Waals surface area contributed by atoms with Crippen molar-refractivity contribution in [3.8, 4) is 11.5 Å². The van der Waals surface area contributed by atoms with Crippen LogP contribution in [0.15, 0.2) is 53.7 Å². The van der Waals surface area contributed by atoms with Gasteiger partial charge in [-0.05, 0) is 36.6 Å². The van der Waals surface area contributed by atoms with Gasteiger partial charge in [-0.3, -0.25) is 9.59 Å². The van der Waals surface area contributed by atoms with Gasteiger partial charge < -0.3 is 24.8 Å². The fourth-order valence-corrected chi connectivity index (χ4v) is 4.42. The Morgan fingerprint density at radius 2 is 1.77 bits per heavy atom. The monoisotopic (exact) mass is 422 g/mol. The molecule has 0 amide bonds. The summed E-state index contributed by atoms with van der Waals surface area (Å²) in [5.41, 5.74) is 3.84. The van der Waals surface area contributed by atoms with Crippen molar-refractivity contribution in [3.05, 3.63) is 59.3 Å². The quantitative estimate of drug-likeness (QED) is 0.570. The smallest absolute Gasteiger partial charge is 0.316 e. The molecular weight excluding hydrogens is 396 g/mol. The zero-order valence-electron chi connectivity index (χ0n) is 18.0. The lowest BCUT2D eigenvalue weighted by Gasteiger charge is -2.32. The van der Waals surface area contributed by atoms with Crippen LogP contribution in [0.2, 0.25) is 0 Å². The first-order valence-electron chi connectivity index (χ1n) is 10.2. The Kier molecular flexibility index (Phi) is 5.59. The number of esters is 1. The minimum Gasteiger partial charge on any atom is -0.497 e. The molecular formula is C24H26N2O5. The van der Waals surface area contributed by atoms with E-state index in [1.54, 1.807) is 20.3 Å². The molecule has 0 spiro atoms. The second-order valence-corrected chi connectivity index (χ2v) is 7.79. The Morgan fingerprint density at radius 1 is 1.03 bits per heavy atom. The zero-order valence-corrected chi connectivity index (χ0v) is 18.0. The molecule has 0 unspecified atom stereocenters. The molecule has 31 heavy (non-hydrogen) atoms. The number of carbonyl (C=O) groups is 2. The van der Waals surface area contributed by atoms with Crippen molar-refractivity contribution in [2.24, 2.45) is 11.8 Å². The molecule has 7 heteroatoms. The normalized spacial score (nSPS) is 22.3. The standard InChI is InChI=1S/C24H26N2O5/c1-13-11-18-21(23(27)20(13)24(28)31-4)22(26-17-8-6-5-7-16(17)25-18)15-10-9-14(29-2)12-19(15)30-3/h5-10,12-13,20,22,25-26H,11H2,1-4H3/t13-,20-,22-/m1/s1. The predicted molar refractivity (Wildman–Crippen MR) is 117 cm³/mol. The number of ketones is 1. The third-order valence-corrected chi connectivity index (χ3v) is 5.98. The van der Waals surface area contributed by atoms with E-state index in [0.29, 0.717) is 23.5 Å². The number of carbonyl (C=O) groups excluding carboxylic acids is 2. The molecule has 0 aromatic heterocycles. The van der Waals surface area contributed by atoms with E-state index in [9.17, 15) is 9.59 Å². The topological polar surface area (TPSA) is 85.9 Å². The average molecular weight is 422 g/mol. The van der Waals surface area contributed by atoms with Crippen molar-refractivity contribution >= 4 is 23.1 Å². The van der Waals surface area contributed by atoms with Crippen LogP contribution in [-0.2, 0) is 14.3 Å². The van der Waals surface area contributed by atoms with Crippen LogP contribution in [0.1, 0.15) is 24.9 Å². The van der Waals surface area contributed by atoms with Crippen LogP contribution in [0.4, 0.5) is 11.4 Å². The minimum absolute atomic E-state index is 0.185. The zero-order chi connectivity index (χ0) is 22.1. The van der Waals surface area contributed by atoms with Gasteiger partial charge in [-0.2, -0.15) is 0 Å². The lowest BCUT2D eigenvalue weighted by molar-refractivity contribution is -0.151. The highest BCUT2D eigenvalue weighted by atomic mass is 16.5. The average Bonchev–Trinajstić information content (AvgIpc) is 2.94. The van der Waals surface area contributed by atoms with Crippen LogP contribution in [0, 0.1) is 11.8 Å². The van der Waals surface area contributed by atoms with Crippen molar-refractivity contribution in [1.29, 1.82) is 0 Å². The van der Waals surface area contributed by atoms with Crippen LogP contribution >= 0.6 is 0 Å². The van der Waals surface area contributed by atoms with Gasteiger partial charge in [0.1, 0.15) is 17.4 Å². The highest BCUT2D eigenvalue weighted by molar-refractivity contribution is 6.11. The van der Waals surface area contributed by atoms with Crippen LogP contribution in [0.3, 0.4) is 0 Å². The van der Waals surface area contributed by atoms with Crippen molar-refractivity contribution < 1.29 is 23.8 Å². The largest absolute Gasteiger partial charge is 0.497 e. The molecule has 1 aliphatic carbocycles. The summed E-state index contributed by atoms with van der Waals surface area (Å²) in [7, 11) is 4.49.